The molecular formula is C21H13BrN2O4. The first-order valence-electron chi connectivity index (χ1n) is 8.38. The number of carbonyl (C=O) groups is 2. The lowest BCUT2D eigenvalue weighted by atomic mass is 10.0. The summed E-state index contributed by atoms with van der Waals surface area (Å²) in [5.41, 5.74) is 0.207. The number of Topliss-reactive ketones (excluding diaryl/α,β-unsaturated/α-hetero) is 1. The van der Waals surface area contributed by atoms with Crippen molar-refractivity contribution in [3.63, 3.8) is 0 Å². The number of aromatic nitrogens is 2. The monoisotopic (exact) mass is 436 g/mol. The van der Waals surface area contributed by atoms with Crippen LogP contribution in [0.5, 0.6) is 0 Å². The quantitative estimate of drug-likeness (QED) is 0.354. The number of ketones is 2. The summed E-state index contributed by atoms with van der Waals surface area (Å²) < 4.78 is 7.51. The van der Waals surface area contributed by atoms with Gasteiger partial charge in [-0.05, 0) is 36.4 Å². The topological polar surface area (TPSA) is 82.2 Å². The van der Waals surface area contributed by atoms with Crippen molar-refractivity contribution in [3.05, 3.63) is 92.5 Å². The van der Waals surface area contributed by atoms with Gasteiger partial charge in [-0.1, -0.05) is 34.1 Å². The molecule has 0 atom stereocenters. The summed E-state index contributed by atoms with van der Waals surface area (Å²) in [6.45, 7) is 1.33. The Hall–Kier alpha value is -3.32. The Kier molecular flexibility index (Phi) is 4.52. The fourth-order valence-corrected chi connectivity index (χ4v) is 3.29. The Morgan fingerprint density at radius 2 is 1.79 bits per heavy atom. The number of benzene rings is 2. The second kappa shape index (κ2) is 7.01. The van der Waals surface area contributed by atoms with Gasteiger partial charge in [-0.3, -0.25) is 9.59 Å². The Bertz CT molecular complexity index is 1290. The average molecular weight is 437 g/mol. The predicted molar refractivity (Wildman–Crippen MR) is 107 cm³/mol. The smallest absolute Gasteiger partial charge is 0.347 e. The first kappa shape index (κ1) is 18.1. The molecule has 4 aromatic rings. The molecule has 0 radical (unpaired) electrons. The Morgan fingerprint density at radius 3 is 2.50 bits per heavy atom. The minimum absolute atomic E-state index is 0.00240. The molecule has 0 N–H and O–H groups in total. The number of rotatable bonds is 4. The van der Waals surface area contributed by atoms with E-state index in [0.29, 0.717) is 16.7 Å². The number of hydrogen-bond donors (Lipinski definition) is 0. The van der Waals surface area contributed by atoms with Crippen molar-refractivity contribution in [2.24, 2.45) is 0 Å². The molecule has 0 bridgehead atoms. The molecule has 0 aliphatic rings. The molecule has 2 aromatic carbocycles. The molecule has 7 heteroatoms. The van der Waals surface area contributed by atoms with Crippen molar-refractivity contribution in [3.8, 4) is 5.69 Å². The largest absolute Gasteiger partial charge is 0.422 e. The van der Waals surface area contributed by atoms with Crippen LogP contribution in [-0.2, 0) is 0 Å². The van der Waals surface area contributed by atoms with Crippen LogP contribution in [0.25, 0.3) is 16.7 Å². The normalized spacial score (nSPS) is 10.9. The minimum atomic E-state index is -0.762. The lowest BCUT2D eigenvalue weighted by molar-refractivity contribution is 0.0986. The zero-order chi connectivity index (χ0) is 19.8. The van der Waals surface area contributed by atoms with Gasteiger partial charge in [0.15, 0.2) is 5.78 Å². The van der Waals surface area contributed by atoms with E-state index in [1.165, 1.54) is 23.9 Å². The van der Waals surface area contributed by atoms with Gasteiger partial charge in [0.25, 0.3) is 0 Å². The Balaban J connectivity index is 1.87. The number of hydrogen-bond acceptors (Lipinski definition) is 5. The summed E-state index contributed by atoms with van der Waals surface area (Å²) in [4.78, 5) is 37.5. The van der Waals surface area contributed by atoms with Crippen molar-refractivity contribution >= 4 is 38.5 Å². The molecule has 0 unspecified atom stereocenters. The second-order valence-electron chi connectivity index (χ2n) is 6.19. The van der Waals surface area contributed by atoms with E-state index >= 15 is 0 Å². The van der Waals surface area contributed by atoms with Crippen LogP contribution in [-0.4, -0.2) is 21.3 Å². The van der Waals surface area contributed by atoms with E-state index in [9.17, 15) is 14.4 Å². The lowest BCUT2D eigenvalue weighted by Crippen LogP contribution is -2.16. The van der Waals surface area contributed by atoms with Crippen molar-refractivity contribution in [2.45, 2.75) is 6.92 Å². The number of fused-ring (bicyclic) bond motifs is 1. The molecule has 0 aliphatic heterocycles. The summed E-state index contributed by atoms with van der Waals surface area (Å²) in [6, 6.07) is 15.7. The molecule has 0 aliphatic carbocycles. The summed E-state index contributed by atoms with van der Waals surface area (Å²) in [6.07, 6.45) is 1.46. The molecule has 28 heavy (non-hydrogen) atoms. The van der Waals surface area contributed by atoms with Crippen LogP contribution >= 0.6 is 15.9 Å². The molecule has 0 amide bonds. The lowest BCUT2D eigenvalue weighted by Gasteiger charge is -2.02. The van der Waals surface area contributed by atoms with E-state index in [2.05, 4.69) is 21.0 Å². The first-order valence-corrected chi connectivity index (χ1v) is 9.17. The van der Waals surface area contributed by atoms with Gasteiger partial charge in [0.1, 0.15) is 16.8 Å². The van der Waals surface area contributed by atoms with Crippen molar-refractivity contribution in [1.82, 2.24) is 9.78 Å². The van der Waals surface area contributed by atoms with Crippen LogP contribution in [0.1, 0.15) is 33.3 Å². The Morgan fingerprint density at radius 1 is 1.04 bits per heavy atom. The molecular weight excluding hydrogens is 424 g/mol. The van der Waals surface area contributed by atoms with Crippen molar-refractivity contribution < 1.29 is 14.0 Å². The molecule has 0 spiro atoms. The maximum atomic E-state index is 13.1. The molecule has 138 valence electrons. The summed E-state index contributed by atoms with van der Waals surface area (Å²) >= 11 is 3.35. The fourth-order valence-electron chi connectivity index (χ4n) is 2.91. The average Bonchev–Trinajstić information content (AvgIpc) is 3.14. The molecule has 0 fully saturated rings. The first-order chi connectivity index (χ1) is 13.4. The maximum Gasteiger partial charge on any atom is 0.347 e. The van der Waals surface area contributed by atoms with Gasteiger partial charge >= 0.3 is 5.63 Å². The Labute approximate surface area is 167 Å². The van der Waals surface area contributed by atoms with E-state index < -0.39 is 11.4 Å². The predicted octanol–water partition coefficient (Wildman–Crippen LogP) is 4.17. The SMILES string of the molecule is CC(=O)c1nn(-c2ccccc2)cc1C(=O)c1cc2cc(Br)ccc2oc1=O. The summed E-state index contributed by atoms with van der Waals surface area (Å²) in [5.74, 6) is -0.978. The zero-order valence-corrected chi connectivity index (χ0v) is 16.3. The van der Waals surface area contributed by atoms with Gasteiger partial charge in [0, 0.05) is 23.0 Å². The highest BCUT2D eigenvalue weighted by molar-refractivity contribution is 9.10. The highest BCUT2D eigenvalue weighted by atomic mass is 79.9. The van der Waals surface area contributed by atoms with Crippen LogP contribution in [0.15, 0.2) is 74.5 Å². The third kappa shape index (κ3) is 3.20. The third-order valence-corrected chi connectivity index (χ3v) is 4.75. The van der Waals surface area contributed by atoms with E-state index in [0.717, 1.165) is 4.47 Å². The van der Waals surface area contributed by atoms with Crippen LogP contribution < -0.4 is 5.63 Å². The van der Waals surface area contributed by atoms with Gasteiger partial charge in [-0.2, -0.15) is 5.10 Å². The van der Waals surface area contributed by atoms with Crippen LogP contribution in [0.2, 0.25) is 0 Å². The molecule has 4 rings (SSSR count). The van der Waals surface area contributed by atoms with Crippen LogP contribution in [0.3, 0.4) is 0 Å². The van der Waals surface area contributed by atoms with Crippen molar-refractivity contribution in [1.29, 1.82) is 0 Å². The molecule has 0 saturated carbocycles. The maximum absolute atomic E-state index is 13.1. The zero-order valence-electron chi connectivity index (χ0n) is 14.7. The van der Waals surface area contributed by atoms with Gasteiger partial charge < -0.3 is 4.42 Å². The van der Waals surface area contributed by atoms with E-state index in [4.69, 9.17) is 4.42 Å². The molecule has 2 heterocycles. The van der Waals surface area contributed by atoms with Crippen LogP contribution in [0, 0.1) is 0 Å². The third-order valence-electron chi connectivity index (χ3n) is 4.25. The highest BCUT2D eigenvalue weighted by Crippen LogP contribution is 2.22. The van der Waals surface area contributed by atoms with Crippen LogP contribution in [0.4, 0.5) is 0 Å². The summed E-state index contributed by atoms with van der Waals surface area (Å²) in [5, 5.41) is 4.83. The van der Waals surface area contributed by atoms with E-state index in [1.54, 1.807) is 30.3 Å². The standard InChI is InChI=1S/C21H13BrN2O4/c1-12(25)19-17(11-24(23-19)15-5-3-2-4-6-15)20(26)16-10-13-9-14(22)7-8-18(13)28-21(16)27/h2-11H,1H3. The number of carbonyl (C=O) groups excluding carboxylic acids is 2. The number of para-hydroxylation sites is 1. The van der Waals surface area contributed by atoms with Gasteiger partial charge in [-0.25, -0.2) is 9.48 Å². The van der Waals surface area contributed by atoms with Gasteiger partial charge in [0.2, 0.25) is 5.78 Å². The minimum Gasteiger partial charge on any atom is -0.422 e. The van der Waals surface area contributed by atoms with E-state index in [-0.39, 0.29) is 22.6 Å². The molecule has 2 aromatic heterocycles. The number of nitrogens with zero attached hydrogens (tertiary/aromatic N) is 2. The number of halogens is 1. The molecule has 0 saturated heterocycles. The highest BCUT2D eigenvalue weighted by Gasteiger charge is 2.24. The van der Waals surface area contributed by atoms with Gasteiger partial charge in [0.05, 0.1) is 11.3 Å². The fraction of sp³-hybridized carbons (Fsp3) is 0.0476. The van der Waals surface area contributed by atoms with Crippen molar-refractivity contribution in [2.75, 3.05) is 0 Å². The molecule has 6 nitrogen and oxygen atoms in total. The second-order valence-corrected chi connectivity index (χ2v) is 7.10. The summed E-state index contributed by atoms with van der Waals surface area (Å²) in [7, 11) is 0. The van der Waals surface area contributed by atoms with E-state index in [1.807, 2.05) is 18.2 Å². The van der Waals surface area contributed by atoms with Gasteiger partial charge in [-0.15, -0.1) is 0 Å².